The average molecular weight is 351 g/mol. The van der Waals surface area contributed by atoms with Crippen molar-refractivity contribution in [2.45, 2.75) is 29.7 Å². The largest absolute Gasteiger partial charge is 0.496 e. The molecule has 0 radical (unpaired) electrons. The SMILES string of the molecule is COc1ccc(S(=O)(=O)N[C@H](C)c2ccc(SC)cc2)cc1C. The Morgan fingerprint density at radius 2 is 1.78 bits per heavy atom. The van der Waals surface area contributed by atoms with E-state index in [4.69, 9.17) is 4.74 Å². The number of hydrogen-bond donors (Lipinski definition) is 1. The van der Waals surface area contributed by atoms with Crippen molar-refractivity contribution in [3.8, 4) is 5.75 Å². The summed E-state index contributed by atoms with van der Waals surface area (Å²) in [6.45, 7) is 3.66. The van der Waals surface area contributed by atoms with Crippen LogP contribution in [-0.4, -0.2) is 21.8 Å². The van der Waals surface area contributed by atoms with Gasteiger partial charge in [0.2, 0.25) is 10.0 Å². The first-order chi connectivity index (χ1) is 10.9. The molecule has 2 aromatic rings. The van der Waals surface area contributed by atoms with Crippen molar-refractivity contribution in [1.82, 2.24) is 4.72 Å². The molecule has 124 valence electrons. The van der Waals surface area contributed by atoms with Gasteiger partial charge < -0.3 is 4.74 Å². The third kappa shape index (κ3) is 4.28. The lowest BCUT2D eigenvalue weighted by atomic mass is 10.1. The Hall–Kier alpha value is -1.50. The molecular weight excluding hydrogens is 330 g/mol. The van der Waals surface area contributed by atoms with Crippen molar-refractivity contribution in [2.75, 3.05) is 13.4 Å². The van der Waals surface area contributed by atoms with E-state index in [1.807, 2.05) is 44.4 Å². The van der Waals surface area contributed by atoms with Crippen LogP contribution in [0.1, 0.15) is 24.1 Å². The van der Waals surface area contributed by atoms with Crippen LogP contribution < -0.4 is 9.46 Å². The van der Waals surface area contributed by atoms with E-state index in [1.165, 1.54) is 0 Å². The topological polar surface area (TPSA) is 55.4 Å². The predicted octanol–water partition coefficient (Wildman–Crippen LogP) is 3.77. The van der Waals surface area contributed by atoms with Gasteiger partial charge in [-0.15, -0.1) is 11.8 Å². The Morgan fingerprint density at radius 1 is 1.13 bits per heavy atom. The lowest BCUT2D eigenvalue weighted by Crippen LogP contribution is -2.27. The number of rotatable bonds is 6. The second-order valence-electron chi connectivity index (χ2n) is 5.25. The summed E-state index contributed by atoms with van der Waals surface area (Å²) in [5.74, 6) is 0.671. The van der Waals surface area contributed by atoms with E-state index in [1.54, 1.807) is 37.1 Å². The van der Waals surface area contributed by atoms with Crippen LogP contribution in [0.5, 0.6) is 5.75 Å². The van der Waals surface area contributed by atoms with Gasteiger partial charge in [0.25, 0.3) is 0 Å². The molecule has 2 rings (SSSR count). The zero-order valence-corrected chi connectivity index (χ0v) is 15.3. The molecule has 0 aliphatic carbocycles. The van der Waals surface area contributed by atoms with Crippen LogP contribution in [0.4, 0.5) is 0 Å². The fourth-order valence-corrected chi connectivity index (χ4v) is 4.00. The maximum absolute atomic E-state index is 12.5. The Bertz CT molecular complexity index is 771. The van der Waals surface area contributed by atoms with Crippen LogP contribution >= 0.6 is 11.8 Å². The molecule has 0 heterocycles. The zero-order chi connectivity index (χ0) is 17.0. The molecular formula is C17H21NO3S2. The van der Waals surface area contributed by atoms with Gasteiger partial charge in [-0.3, -0.25) is 0 Å². The molecule has 4 nitrogen and oxygen atoms in total. The third-order valence-electron chi connectivity index (χ3n) is 3.62. The second kappa shape index (κ2) is 7.38. The van der Waals surface area contributed by atoms with E-state index >= 15 is 0 Å². The lowest BCUT2D eigenvalue weighted by Gasteiger charge is -2.16. The highest BCUT2D eigenvalue weighted by molar-refractivity contribution is 7.98. The molecule has 1 N–H and O–H groups in total. The Kier molecular flexibility index (Phi) is 5.73. The van der Waals surface area contributed by atoms with Gasteiger partial charge in [0, 0.05) is 10.9 Å². The molecule has 0 unspecified atom stereocenters. The third-order valence-corrected chi connectivity index (χ3v) is 5.91. The fourth-order valence-electron chi connectivity index (χ4n) is 2.28. The smallest absolute Gasteiger partial charge is 0.241 e. The highest BCUT2D eigenvalue weighted by Crippen LogP contribution is 2.24. The maximum Gasteiger partial charge on any atom is 0.241 e. The van der Waals surface area contributed by atoms with Gasteiger partial charge in [-0.05, 0) is 61.6 Å². The number of thioether (sulfide) groups is 1. The summed E-state index contributed by atoms with van der Waals surface area (Å²) in [4.78, 5) is 1.39. The highest BCUT2D eigenvalue weighted by Gasteiger charge is 2.19. The van der Waals surface area contributed by atoms with E-state index in [0.29, 0.717) is 5.75 Å². The number of nitrogens with one attached hydrogen (secondary N) is 1. The van der Waals surface area contributed by atoms with Crippen LogP contribution in [0.2, 0.25) is 0 Å². The Balaban J connectivity index is 2.21. The number of ether oxygens (including phenoxy) is 1. The molecule has 0 saturated heterocycles. The quantitative estimate of drug-likeness (QED) is 0.805. The summed E-state index contributed by atoms with van der Waals surface area (Å²) in [6.07, 6.45) is 2.01. The first-order valence-corrected chi connectivity index (χ1v) is 9.89. The Morgan fingerprint density at radius 3 is 2.30 bits per heavy atom. The fraction of sp³-hybridized carbons (Fsp3) is 0.294. The first-order valence-electron chi connectivity index (χ1n) is 7.18. The monoisotopic (exact) mass is 351 g/mol. The maximum atomic E-state index is 12.5. The van der Waals surface area contributed by atoms with Crippen LogP contribution in [0.15, 0.2) is 52.3 Å². The van der Waals surface area contributed by atoms with Gasteiger partial charge >= 0.3 is 0 Å². The van der Waals surface area contributed by atoms with E-state index in [-0.39, 0.29) is 10.9 Å². The van der Waals surface area contributed by atoms with Crippen molar-refractivity contribution in [3.05, 3.63) is 53.6 Å². The molecule has 0 spiro atoms. The molecule has 0 amide bonds. The number of benzene rings is 2. The first kappa shape index (κ1) is 17.8. The lowest BCUT2D eigenvalue weighted by molar-refractivity contribution is 0.411. The molecule has 23 heavy (non-hydrogen) atoms. The van der Waals surface area contributed by atoms with Gasteiger partial charge in [-0.25, -0.2) is 13.1 Å². The van der Waals surface area contributed by atoms with Crippen molar-refractivity contribution in [1.29, 1.82) is 0 Å². The van der Waals surface area contributed by atoms with Crippen molar-refractivity contribution in [3.63, 3.8) is 0 Å². The molecule has 0 bridgehead atoms. The minimum absolute atomic E-state index is 0.239. The molecule has 0 fully saturated rings. The van der Waals surface area contributed by atoms with Crippen LogP contribution in [0, 0.1) is 6.92 Å². The number of methoxy groups -OCH3 is 1. The van der Waals surface area contributed by atoms with E-state index in [2.05, 4.69) is 4.72 Å². The summed E-state index contributed by atoms with van der Waals surface area (Å²) in [5, 5.41) is 0. The molecule has 0 aliphatic rings. The van der Waals surface area contributed by atoms with Crippen LogP contribution in [0.3, 0.4) is 0 Å². The normalized spacial score (nSPS) is 12.9. The molecule has 0 aliphatic heterocycles. The van der Waals surface area contributed by atoms with Gasteiger partial charge in [0.05, 0.1) is 12.0 Å². The van der Waals surface area contributed by atoms with E-state index < -0.39 is 10.0 Å². The second-order valence-corrected chi connectivity index (χ2v) is 7.84. The van der Waals surface area contributed by atoms with Crippen molar-refractivity contribution < 1.29 is 13.2 Å². The summed E-state index contributed by atoms with van der Waals surface area (Å²) >= 11 is 1.65. The molecule has 0 aromatic heterocycles. The van der Waals surface area contributed by atoms with Crippen molar-refractivity contribution >= 4 is 21.8 Å². The van der Waals surface area contributed by atoms with Crippen LogP contribution in [0.25, 0.3) is 0 Å². The highest BCUT2D eigenvalue weighted by atomic mass is 32.2. The molecule has 2 aromatic carbocycles. The van der Waals surface area contributed by atoms with Gasteiger partial charge in [-0.1, -0.05) is 12.1 Å². The summed E-state index contributed by atoms with van der Waals surface area (Å²) in [6, 6.07) is 12.4. The van der Waals surface area contributed by atoms with Gasteiger partial charge in [0.1, 0.15) is 5.75 Å². The predicted molar refractivity (Wildman–Crippen MR) is 94.7 cm³/mol. The van der Waals surface area contributed by atoms with E-state index in [9.17, 15) is 8.42 Å². The molecule has 1 atom stereocenters. The summed E-state index contributed by atoms with van der Waals surface area (Å²) in [5.41, 5.74) is 1.71. The van der Waals surface area contributed by atoms with E-state index in [0.717, 1.165) is 16.0 Å². The average Bonchev–Trinajstić information content (AvgIpc) is 2.54. The van der Waals surface area contributed by atoms with Crippen molar-refractivity contribution in [2.24, 2.45) is 0 Å². The standard InChI is InChI=1S/C17H21NO3S2/c1-12-11-16(9-10-17(12)21-3)23(19,20)18-13(2)14-5-7-15(22-4)8-6-14/h5-11,13,18H,1-4H3/t13-/m1/s1. The Labute approximate surface area is 142 Å². The number of aryl methyl sites for hydroxylation is 1. The summed E-state index contributed by atoms with van der Waals surface area (Å²) < 4.78 is 33.0. The minimum atomic E-state index is -3.58. The minimum Gasteiger partial charge on any atom is -0.496 e. The van der Waals surface area contributed by atoms with Crippen LogP contribution in [-0.2, 0) is 10.0 Å². The zero-order valence-electron chi connectivity index (χ0n) is 13.7. The van der Waals surface area contributed by atoms with Gasteiger partial charge in [0.15, 0.2) is 0 Å². The number of sulfonamides is 1. The molecule has 0 saturated carbocycles. The number of hydrogen-bond acceptors (Lipinski definition) is 4. The summed E-state index contributed by atoms with van der Waals surface area (Å²) in [7, 11) is -2.02. The van der Waals surface area contributed by atoms with Gasteiger partial charge in [-0.2, -0.15) is 0 Å². The molecule has 6 heteroatoms.